The number of benzene rings is 2. The average Bonchev–Trinajstić information content (AvgIpc) is 3.14. The summed E-state index contributed by atoms with van der Waals surface area (Å²) < 4.78 is 28.0. The van der Waals surface area contributed by atoms with E-state index in [0.717, 1.165) is 3.97 Å². The molecular formula is C22H20N2O5S. The number of rotatable bonds is 6. The van der Waals surface area contributed by atoms with Crippen molar-refractivity contribution in [1.29, 1.82) is 0 Å². The van der Waals surface area contributed by atoms with Crippen LogP contribution in [0.25, 0.3) is 10.9 Å². The van der Waals surface area contributed by atoms with E-state index in [1.54, 1.807) is 53.4 Å². The minimum absolute atomic E-state index is 0.0449. The Morgan fingerprint density at radius 2 is 1.70 bits per heavy atom. The van der Waals surface area contributed by atoms with E-state index in [1.807, 2.05) is 0 Å². The highest BCUT2D eigenvalue weighted by Crippen LogP contribution is 2.29. The molecule has 1 aliphatic heterocycles. The van der Waals surface area contributed by atoms with Crippen LogP contribution in [0.3, 0.4) is 0 Å². The zero-order valence-corrected chi connectivity index (χ0v) is 16.9. The highest BCUT2D eigenvalue weighted by molar-refractivity contribution is 7.90. The quantitative estimate of drug-likeness (QED) is 0.611. The van der Waals surface area contributed by atoms with Gasteiger partial charge in [0.25, 0.3) is 10.0 Å². The van der Waals surface area contributed by atoms with Crippen LogP contribution in [-0.4, -0.2) is 47.2 Å². The Hall–Kier alpha value is -3.39. The second kappa shape index (κ2) is 7.79. The number of Topliss-reactive ketones (excluding diaryl/α,β-unsaturated/α-hetero) is 1. The molecule has 4 rings (SSSR count). The van der Waals surface area contributed by atoms with Crippen LogP contribution in [0.15, 0.2) is 77.3 Å². The Labute approximate surface area is 173 Å². The van der Waals surface area contributed by atoms with Gasteiger partial charge >= 0.3 is 5.97 Å². The number of allylic oxidation sites excluding steroid dienone is 1. The van der Waals surface area contributed by atoms with Gasteiger partial charge in [0, 0.05) is 23.7 Å². The molecule has 0 atom stereocenters. The van der Waals surface area contributed by atoms with E-state index in [4.69, 9.17) is 5.11 Å². The van der Waals surface area contributed by atoms with Gasteiger partial charge in [-0.3, -0.25) is 9.59 Å². The van der Waals surface area contributed by atoms with Gasteiger partial charge in [-0.25, -0.2) is 12.4 Å². The smallest absolute Gasteiger partial charge is 0.323 e. The number of nitrogens with zero attached hydrogens (tertiary/aromatic N) is 2. The highest BCUT2D eigenvalue weighted by atomic mass is 32.2. The predicted molar refractivity (Wildman–Crippen MR) is 112 cm³/mol. The number of carbonyl (C=O) groups excluding carboxylic acids is 1. The molecule has 2 heterocycles. The normalized spacial score (nSPS) is 14.5. The number of carboxylic acids is 1. The van der Waals surface area contributed by atoms with Crippen molar-refractivity contribution in [2.24, 2.45) is 0 Å². The monoisotopic (exact) mass is 424 g/mol. The number of carbonyl (C=O) groups is 2. The van der Waals surface area contributed by atoms with E-state index in [2.05, 4.69) is 0 Å². The number of fused-ring (bicyclic) bond motifs is 1. The lowest BCUT2D eigenvalue weighted by Crippen LogP contribution is -2.30. The fourth-order valence-corrected chi connectivity index (χ4v) is 5.23. The van der Waals surface area contributed by atoms with Crippen LogP contribution in [0.2, 0.25) is 0 Å². The Balaban J connectivity index is 1.86. The van der Waals surface area contributed by atoms with Crippen LogP contribution >= 0.6 is 0 Å². The van der Waals surface area contributed by atoms with Gasteiger partial charge in [-0.2, -0.15) is 0 Å². The Morgan fingerprint density at radius 3 is 2.43 bits per heavy atom. The molecule has 0 saturated carbocycles. The predicted octanol–water partition coefficient (Wildman–Crippen LogP) is 3.13. The summed E-state index contributed by atoms with van der Waals surface area (Å²) in [5, 5.41) is 9.68. The van der Waals surface area contributed by atoms with Crippen LogP contribution in [0, 0.1) is 0 Å². The lowest BCUT2D eigenvalue weighted by Gasteiger charge is -2.24. The van der Waals surface area contributed by atoms with E-state index in [-0.39, 0.29) is 17.1 Å². The number of carboxylic acid groups (broad SMARTS) is 1. The van der Waals surface area contributed by atoms with Gasteiger partial charge in [0.05, 0.1) is 10.4 Å². The minimum Gasteiger partial charge on any atom is -0.480 e. The molecule has 0 unspecified atom stereocenters. The molecule has 154 valence electrons. The topological polar surface area (TPSA) is 96.7 Å². The van der Waals surface area contributed by atoms with E-state index in [0.29, 0.717) is 35.9 Å². The molecule has 0 aliphatic carbocycles. The van der Waals surface area contributed by atoms with Gasteiger partial charge in [0.2, 0.25) is 5.78 Å². The van der Waals surface area contributed by atoms with Crippen molar-refractivity contribution in [2.75, 3.05) is 13.1 Å². The van der Waals surface area contributed by atoms with E-state index >= 15 is 0 Å². The molecule has 0 fully saturated rings. The van der Waals surface area contributed by atoms with Crippen molar-refractivity contribution in [2.45, 2.75) is 17.7 Å². The standard InChI is InChI=1S/C22H20N2O5S/c25-21(26)15-23-12-6-8-17(14-23)22(27)20-13-16-7-4-5-11-19(16)24(20)30(28,29)18-9-2-1-3-10-18/h1-5,7,9-11,13-14H,6,8,12,15H2,(H,25,26). The molecule has 2 aromatic carbocycles. The van der Waals surface area contributed by atoms with Gasteiger partial charge in [-0.05, 0) is 37.1 Å². The molecule has 8 heteroatoms. The molecule has 1 aliphatic rings. The number of ketones is 1. The van der Waals surface area contributed by atoms with Crippen LogP contribution in [0.1, 0.15) is 23.3 Å². The van der Waals surface area contributed by atoms with Gasteiger partial charge in [0.15, 0.2) is 0 Å². The highest BCUT2D eigenvalue weighted by Gasteiger charge is 2.28. The van der Waals surface area contributed by atoms with Gasteiger partial charge in [0.1, 0.15) is 12.2 Å². The maximum atomic E-state index is 13.4. The SMILES string of the molecule is O=C(O)CN1C=C(C(=O)c2cc3ccccc3n2S(=O)(=O)c2ccccc2)CCC1. The first-order chi connectivity index (χ1) is 14.4. The van der Waals surface area contributed by atoms with Gasteiger partial charge in [-0.15, -0.1) is 0 Å². The zero-order valence-electron chi connectivity index (χ0n) is 16.1. The Morgan fingerprint density at radius 1 is 1.00 bits per heavy atom. The third-order valence-electron chi connectivity index (χ3n) is 5.04. The summed E-state index contributed by atoms with van der Waals surface area (Å²) in [5.41, 5.74) is 0.863. The van der Waals surface area contributed by atoms with Crippen molar-refractivity contribution in [3.05, 3.63) is 78.1 Å². The lowest BCUT2D eigenvalue weighted by atomic mass is 10.0. The lowest BCUT2D eigenvalue weighted by molar-refractivity contribution is -0.137. The second-order valence-electron chi connectivity index (χ2n) is 7.12. The molecule has 0 saturated heterocycles. The molecule has 30 heavy (non-hydrogen) atoms. The number of hydrogen-bond donors (Lipinski definition) is 1. The van der Waals surface area contributed by atoms with E-state index in [1.165, 1.54) is 18.3 Å². The molecule has 0 spiro atoms. The number of aromatic nitrogens is 1. The van der Waals surface area contributed by atoms with Crippen LogP contribution in [-0.2, 0) is 14.8 Å². The van der Waals surface area contributed by atoms with Crippen LogP contribution in [0.5, 0.6) is 0 Å². The third-order valence-corrected chi connectivity index (χ3v) is 6.78. The van der Waals surface area contributed by atoms with E-state index in [9.17, 15) is 18.0 Å². The summed E-state index contributed by atoms with van der Waals surface area (Å²) in [6.07, 6.45) is 2.62. The maximum absolute atomic E-state index is 13.4. The summed E-state index contributed by atoms with van der Waals surface area (Å²) in [7, 11) is -4.01. The van der Waals surface area contributed by atoms with E-state index < -0.39 is 21.8 Å². The fraction of sp³-hybridized carbons (Fsp3) is 0.182. The second-order valence-corrected chi connectivity index (χ2v) is 8.91. The third kappa shape index (κ3) is 3.61. The first kappa shape index (κ1) is 19.9. The summed E-state index contributed by atoms with van der Waals surface area (Å²) in [6.45, 7) is 0.330. The fourth-order valence-electron chi connectivity index (χ4n) is 3.70. The van der Waals surface area contributed by atoms with Crippen molar-refractivity contribution in [1.82, 2.24) is 8.87 Å². The maximum Gasteiger partial charge on any atom is 0.323 e. The molecule has 0 amide bonds. The van der Waals surface area contributed by atoms with Crippen LogP contribution < -0.4 is 0 Å². The average molecular weight is 424 g/mol. The van der Waals surface area contributed by atoms with Gasteiger partial charge in [-0.1, -0.05) is 36.4 Å². The number of para-hydroxylation sites is 1. The summed E-state index contributed by atoms with van der Waals surface area (Å²) in [5.74, 6) is -1.40. The molecule has 1 N–H and O–H groups in total. The van der Waals surface area contributed by atoms with Crippen molar-refractivity contribution in [3.63, 3.8) is 0 Å². The molecule has 1 aromatic heterocycles. The number of aliphatic carboxylic acids is 1. The Kier molecular flexibility index (Phi) is 5.17. The molecule has 7 nitrogen and oxygen atoms in total. The molecule has 0 bridgehead atoms. The Bertz CT molecular complexity index is 1260. The molecule has 3 aromatic rings. The first-order valence-corrected chi connectivity index (χ1v) is 10.9. The first-order valence-electron chi connectivity index (χ1n) is 9.50. The van der Waals surface area contributed by atoms with Gasteiger partial charge < -0.3 is 10.0 Å². The van der Waals surface area contributed by atoms with Crippen molar-refractivity contribution in [3.8, 4) is 0 Å². The summed E-state index contributed by atoms with van der Waals surface area (Å²) >= 11 is 0. The summed E-state index contributed by atoms with van der Waals surface area (Å²) in [6, 6.07) is 16.5. The molecular weight excluding hydrogens is 404 g/mol. The zero-order chi connectivity index (χ0) is 21.3. The summed E-state index contributed by atoms with van der Waals surface area (Å²) in [4.78, 5) is 26.1. The molecule has 0 radical (unpaired) electrons. The van der Waals surface area contributed by atoms with Crippen LogP contribution in [0.4, 0.5) is 0 Å². The van der Waals surface area contributed by atoms with Crippen molar-refractivity contribution < 1.29 is 23.1 Å². The van der Waals surface area contributed by atoms with Crippen molar-refractivity contribution >= 4 is 32.7 Å². The number of hydrogen-bond acceptors (Lipinski definition) is 5. The largest absolute Gasteiger partial charge is 0.480 e. The minimum atomic E-state index is -4.01.